The van der Waals surface area contributed by atoms with E-state index in [0.717, 1.165) is 11.8 Å². The molecular weight excluding hydrogens is 234 g/mol. The van der Waals surface area contributed by atoms with Gasteiger partial charge in [0.15, 0.2) is 0 Å². The normalized spacial score (nSPS) is 27.0. The average Bonchev–Trinajstić information content (AvgIpc) is 2.41. The van der Waals surface area contributed by atoms with Gasteiger partial charge in [-0.2, -0.15) is 0 Å². The maximum atomic E-state index is 3.53. The van der Waals surface area contributed by atoms with Crippen molar-refractivity contribution in [1.29, 1.82) is 0 Å². The Morgan fingerprint density at radius 1 is 1.11 bits per heavy atom. The Morgan fingerprint density at radius 2 is 1.84 bits per heavy atom. The van der Waals surface area contributed by atoms with Gasteiger partial charge in [0.25, 0.3) is 0 Å². The van der Waals surface area contributed by atoms with E-state index < -0.39 is 0 Å². The molecule has 0 bridgehead atoms. The molecule has 1 unspecified atom stereocenters. The standard InChI is InChI=1S/C16H33N3/c1-15(2)14-19-11-9-18(10-12-19)8-4-6-16-5-3-7-17-13-16/h15-17H,3-14H2,1-2H3. The Morgan fingerprint density at radius 3 is 2.47 bits per heavy atom. The molecule has 0 spiro atoms. The lowest BCUT2D eigenvalue weighted by Gasteiger charge is -2.35. The third kappa shape index (κ3) is 5.80. The summed E-state index contributed by atoms with van der Waals surface area (Å²) in [5.41, 5.74) is 0. The quantitative estimate of drug-likeness (QED) is 0.794. The van der Waals surface area contributed by atoms with Crippen LogP contribution in [0.15, 0.2) is 0 Å². The molecule has 0 aromatic heterocycles. The van der Waals surface area contributed by atoms with E-state index in [2.05, 4.69) is 29.0 Å². The molecule has 2 aliphatic rings. The first-order valence-electron chi connectivity index (χ1n) is 8.39. The molecule has 2 rings (SSSR count). The highest BCUT2D eigenvalue weighted by molar-refractivity contribution is 4.74. The van der Waals surface area contributed by atoms with Gasteiger partial charge in [-0.05, 0) is 57.2 Å². The zero-order valence-corrected chi connectivity index (χ0v) is 13.0. The molecular formula is C16H33N3. The molecule has 0 aromatic carbocycles. The summed E-state index contributed by atoms with van der Waals surface area (Å²) in [6.07, 6.45) is 5.67. The smallest absolute Gasteiger partial charge is 0.0110 e. The number of piperidine rings is 1. The van der Waals surface area contributed by atoms with E-state index in [1.807, 2.05) is 0 Å². The molecule has 112 valence electrons. The first-order valence-corrected chi connectivity index (χ1v) is 8.39. The van der Waals surface area contributed by atoms with Crippen LogP contribution in [0.25, 0.3) is 0 Å². The van der Waals surface area contributed by atoms with Crippen molar-refractivity contribution in [3.63, 3.8) is 0 Å². The molecule has 3 heteroatoms. The zero-order chi connectivity index (χ0) is 13.5. The van der Waals surface area contributed by atoms with Crippen LogP contribution in [0.5, 0.6) is 0 Å². The minimum absolute atomic E-state index is 0.811. The van der Waals surface area contributed by atoms with Crippen molar-refractivity contribution in [3.8, 4) is 0 Å². The molecule has 0 saturated carbocycles. The molecule has 0 amide bonds. The van der Waals surface area contributed by atoms with Crippen molar-refractivity contribution in [3.05, 3.63) is 0 Å². The van der Waals surface area contributed by atoms with Crippen molar-refractivity contribution in [2.45, 2.75) is 39.5 Å². The molecule has 0 aromatic rings. The summed E-state index contributed by atoms with van der Waals surface area (Å²) >= 11 is 0. The molecule has 2 heterocycles. The van der Waals surface area contributed by atoms with Gasteiger partial charge in [0.1, 0.15) is 0 Å². The largest absolute Gasteiger partial charge is 0.316 e. The maximum absolute atomic E-state index is 3.53. The SMILES string of the molecule is CC(C)CN1CCN(CCCC2CCCNC2)CC1. The monoisotopic (exact) mass is 267 g/mol. The predicted molar refractivity (Wildman–Crippen MR) is 82.5 cm³/mol. The summed E-state index contributed by atoms with van der Waals surface area (Å²) in [5, 5.41) is 3.53. The highest BCUT2D eigenvalue weighted by Gasteiger charge is 2.18. The van der Waals surface area contributed by atoms with Gasteiger partial charge in [0.05, 0.1) is 0 Å². The predicted octanol–water partition coefficient (Wildman–Crippen LogP) is 2.04. The Balaban J connectivity index is 1.53. The Hall–Kier alpha value is -0.120. The number of hydrogen-bond donors (Lipinski definition) is 1. The van der Waals surface area contributed by atoms with Gasteiger partial charge in [-0.25, -0.2) is 0 Å². The van der Waals surface area contributed by atoms with Gasteiger partial charge in [0, 0.05) is 32.7 Å². The van der Waals surface area contributed by atoms with E-state index in [0.29, 0.717) is 0 Å². The van der Waals surface area contributed by atoms with E-state index in [9.17, 15) is 0 Å². The average molecular weight is 267 g/mol. The van der Waals surface area contributed by atoms with Crippen LogP contribution >= 0.6 is 0 Å². The Bertz CT molecular complexity index is 228. The maximum Gasteiger partial charge on any atom is 0.0110 e. The van der Waals surface area contributed by atoms with Gasteiger partial charge in [-0.15, -0.1) is 0 Å². The van der Waals surface area contributed by atoms with Gasteiger partial charge >= 0.3 is 0 Å². The third-order valence-corrected chi connectivity index (χ3v) is 4.57. The Kier molecular flexibility index (Phi) is 6.62. The number of piperazine rings is 1. The van der Waals surface area contributed by atoms with Crippen LogP contribution in [0.1, 0.15) is 39.5 Å². The van der Waals surface area contributed by atoms with E-state index in [1.165, 1.54) is 78.0 Å². The third-order valence-electron chi connectivity index (χ3n) is 4.57. The van der Waals surface area contributed by atoms with E-state index in [4.69, 9.17) is 0 Å². The molecule has 2 aliphatic heterocycles. The Labute approximate surface area is 119 Å². The van der Waals surface area contributed by atoms with E-state index in [-0.39, 0.29) is 0 Å². The van der Waals surface area contributed by atoms with Crippen molar-refractivity contribution in [1.82, 2.24) is 15.1 Å². The molecule has 2 saturated heterocycles. The fourth-order valence-electron chi connectivity index (χ4n) is 3.49. The highest BCUT2D eigenvalue weighted by atomic mass is 15.3. The summed E-state index contributed by atoms with van der Waals surface area (Å²) in [6, 6.07) is 0. The fraction of sp³-hybridized carbons (Fsp3) is 1.00. The number of hydrogen-bond acceptors (Lipinski definition) is 3. The lowest BCUT2D eigenvalue weighted by Crippen LogP contribution is -2.47. The van der Waals surface area contributed by atoms with Crippen molar-refractivity contribution < 1.29 is 0 Å². The van der Waals surface area contributed by atoms with Crippen LogP contribution < -0.4 is 5.32 Å². The molecule has 0 aliphatic carbocycles. The molecule has 2 fully saturated rings. The lowest BCUT2D eigenvalue weighted by molar-refractivity contribution is 0.119. The number of nitrogens with zero attached hydrogens (tertiary/aromatic N) is 2. The van der Waals surface area contributed by atoms with Gasteiger partial charge in [0.2, 0.25) is 0 Å². The van der Waals surface area contributed by atoms with Crippen molar-refractivity contribution in [2.75, 3.05) is 52.4 Å². The second-order valence-corrected chi connectivity index (χ2v) is 6.89. The van der Waals surface area contributed by atoms with Gasteiger partial charge in [-0.1, -0.05) is 13.8 Å². The van der Waals surface area contributed by atoms with Crippen LogP contribution in [-0.4, -0.2) is 62.2 Å². The molecule has 19 heavy (non-hydrogen) atoms. The highest BCUT2D eigenvalue weighted by Crippen LogP contribution is 2.16. The van der Waals surface area contributed by atoms with Crippen LogP contribution in [0, 0.1) is 11.8 Å². The summed E-state index contributed by atoms with van der Waals surface area (Å²) in [4.78, 5) is 5.30. The second-order valence-electron chi connectivity index (χ2n) is 6.89. The minimum Gasteiger partial charge on any atom is -0.316 e. The molecule has 0 radical (unpaired) electrons. The summed E-state index contributed by atoms with van der Waals surface area (Å²) in [6.45, 7) is 14.9. The number of rotatable bonds is 6. The van der Waals surface area contributed by atoms with E-state index in [1.54, 1.807) is 0 Å². The van der Waals surface area contributed by atoms with Crippen LogP contribution in [-0.2, 0) is 0 Å². The fourth-order valence-corrected chi connectivity index (χ4v) is 3.49. The minimum atomic E-state index is 0.811. The van der Waals surface area contributed by atoms with Crippen LogP contribution in [0.3, 0.4) is 0 Å². The first kappa shape index (κ1) is 15.3. The zero-order valence-electron chi connectivity index (χ0n) is 13.0. The van der Waals surface area contributed by atoms with E-state index >= 15 is 0 Å². The number of nitrogens with one attached hydrogen (secondary N) is 1. The van der Waals surface area contributed by atoms with Gasteiger partial charge < -0.3 is 15.1 Å². The molecule has 1 N–H and O–H groups in total. The first-order chi connectivity index (χ1) is 9.24. The molecule has 1 atom stereocenters. The van der Waals surface area contributed by atoms with Crippen molar-refractivity contribution >= 4 is 0 Å². The second kappa shape index (κ2) is 8.23. The van der Waals surface area contributed by atoms with Crippen molar-refractivity contribution in [2.24, 2.45) is 11.8 Å². The summed E-state index contributed by atoms with van der Waals surface area (Å²) < 4.78 is 0. The van der Waals surface area contributed by atoms with Crippen LogP contribution in [0.4, 0.5) is 0 Å². The lowest BCUT2D eigenvalue weighted by atomic mass is 9.94. The topological polar surface area (TPSA) is 18.5 Å². The van der Waals surface area contributed by atoms with Crippen LogP contribution in [0.2, 0.25) is 0 Å². The molecule has 3 nitrogen and oxygen atoms in total. The summed E-state index contributed by atoms with van der Waals surface area (Å²) in [5.74, 6) is 1.77. The van der Waals surface area contributed by atoms with Gasteiger partial charge in [-0.3, -0.25) is 0 Å². The summed E-state index contributed by atoms with van der Waals surface area (Å²) in [7, 11) is 0.